The highest BCUT2D eigenvalue weighted by Gasteiger charge is 2.28. The fourth-order valence-electron chi connectivity index (χ4n) is 2.01. The third kappa shape index (κ3) is 2.85. The van der Waals surface area contributed by atoms with E-state index in [4.69, 9.17) is 0 Å². The fraction of sp³-hybridized carbons (Fsp3) is 0.600. The molecule has 0 fully saturated rings. The van der Waals surface area contributed by atoms with E-state index in [-0.39, 0.29) is 5.92 Å². The normalized spacial score (nSPS) is 16.8. The van der Waals surface area contributed by atoms with E-state index in [1.165, 1.54) is 5.56 Å². The van der Waals surface area contributed by atoms with Crippen molar-refractivity contribution in [2.45, 2.75) is 52.6 Å². The molecule has 0 spiro atoms. The Labute approximate surface area is 99.5 Å². The van der Waals surface area contributed by atoms with Crippen LogP contribution in [0.25, 0.3) is 0 Å². The van der Waals surface area contributed by atoms with E-state index in [0.717, 1.165) is 24.8 Å². The molecule has 0 bridgehead atoms. The zero-order chi connectivity index (χ0) is 12.2. The first-order valence-corrected chi connectivity index (χ1v) is 6.34. The third-order valence-electron chi connectivity index (χ3n) is 3.62. The molecule has 2 atom stereocenters. The molecule has 0 saturated heterocycles. The standard InChI is InChI=1S/C15H24O/c1-5-8-13-9-7-10-14(11-13)15(4,16)12(3)6-2/h7,9-12,16H,5-6,8H2,1-4H3. The van der Waals surface area contributed by atoms with Crippen LogP contribution >= 0.6 is 0 Å². The van der Waals surface area contributed by atoms with Gasteiger partial charge in [0.25, 0.3) is 0 Å². The first-order chi connectivity index (χ1) is 7.52. The number of aliphatic hydroxyl groups is 1. The molecule has 0 aromatic heterocycles. The molecule has 1 N–H and O–H groups in total. The first kappa shape index (κ1) is 13.2. The summed E-state index contributed by atoms with van der Waals surface area (Å²) in [5.74, 6) is 0.282. The van der Waals surface area contributed by atoms with E-state index in [9.17, 15) is 5.11 Å². The van der Waals surface area contributed by atoms with E-state index < -0.39 is 5.60 Å². The van der Waals surface area contributed by atoms with Crippen LogP contribution in [-0.4, -0.2) is 5.11 Å². The van der Waals surface area contributed by atoms with Gasteiger partial charge in [-0.2, -0.15) is 0 Å². The van der Waals surface area contributed by atoms with Gasteiger partial charge in [-0.25, -0.2) is 0 Å². The number of hydrogen-bond acceptors (Lipinski definition) is 1. The Kier molecular flexibility index (Phi) is 4.55. The third-order valence-corrected chi connectivity index (χ3v) is 3.62. The summed E-state index contributed by atoms with van der Waals surface area (Å²) in [4.78, 5) is 0. The van der Waals surface area contributed by atoms with Crippen molar-refractivity contribution in [2.24, 2.45) is 5.92 Å². The highest BCUT2D eigenvalue weighted by atomic mass is 16.3. The Bertz CT molecular complexity index is 328. The van der Waals surface area contributed by atoms with Crippen LogP contribution in [0.1, 0.15) is 51.7 Å². The van der Waals surface area contributed by atoms with Gasteiger partial charge in [-0.15, -0.1) is 0 Å². The van der Waals surface area contributed by atoms with Gasteiger partial charge in [-0.3, -0.25) is 0 Å². The minimum absolute atomic E-state index is 0.282. The lowest BCUT2D eigenvalue weighted by Crippen LogP contribution is -2.29. The highest BCUT2D eigenvalue weighted by Crippen LogP contribution is 2.31. The summed E-state index contributed by atoms with van der Waals surface area (Å²) in [5.41, 5.74) is 1.66. The van der Waals surface area contributed by atoms with Crippen LogP contribution in [0.5, 0.6) is 0 Å². The van der Waals surface area contributed by atoms with Gasteiger partial charge in [-0.05, 0) is 30.4 Å². The highest BCUT2D eigenvalue weighted by molar-refractivity contribution is 5.28. The number of hydrogen-bond donors (Lipinski definition) is 1. The van der Waals surface area contributed by atoms with Gasteiger partial charge in [0, 0.05) is 0 Å². The summed E-state index contributed by atoms with van der Waals surface area (Å²) < 4.78 is 0. The molecule has 1 nitrogen and oxygen atoms in total. The molecule has 16 heavy (non-hydrogen) atoms. The summed E-state index contributed by atoms with van der Waals surface area (Å²) in [6, 6.07) is 8.37. The van der Waals surface area contributed by atoms with Gasteiger partial charge in [0.05, 0.1) is 5.60 Å². The monoisotopic (exact) mass is 220 g/mol. The molecular weight excluding hydrogens is 196 g/mol. The molecule has 1 aromatic rings. The van der Waals surface area contributed by atoms with Gasteiger partial charge >= 0.3 is 0 Å². The average Bonchev–Trinajstić information content (AvgIpc) is 2.28. The molecule has 1 aromatic carbocycles. The van der Waals surface area contributed by atoms with Crippen molar-refractivity contribution in [1.29, 1.82) is 0 Å². The van der Waals surface area contributed by atoms with Crippen molar-refractivity contribution in [3.63, 3.8) is 0 Å². The topological polar surface area (TPSA) is 20.2 Å². The summed E-state index contributed by atoms with van der Waals surface area (Å²) in [5, 5.41) is 10.5. The largest absolute Gasteiger partial charge is 0.385 e. The lowest BCUT2D eigenvalue weighted by molar-refractivity contribution is -0.0000450. The second-order valence-corrected chi connectivity index (χ2v) is 4.91. The smallest absolute Gasteiger partial charge is 0.0893 e. The minimum Gasteiger partial charge on any atom is -0.385 e. The lowest BCUT2D eigenvalue weighted by atomic mass is 9.82. The van der Waals surface area contributed by atoms with Crippen molar-refractivity contribution < 1.29 is 5.11 Å². The van der Waals surface area contributed by atoms with Gasteiger partial charge < -0.3 is 5.11 Å². The zero-order valence-corrected chi connectivity index (χ0v) is 11.0. The second-order valence-electron chi connectivity index (χ2n) is 4.91. The molecule has 0 aliphatic carbocycles. The molecule has 0 radical (unpaired) electrons. The SMILES string of the molecule is CCCc1cccc(C(C)(O)C(C)CC)c1. The van der Waals surface area contributed by atoms with Gasteiger partial charge in [0.2, 0.25) is 0 Å². The zero-order valence-electron chi connectivity index (χ0n) is 11.0. The quantitative estimate of drug-likeness (QED) is 0.798. The predicted octanol–water partition coefficient (Wildman–Crippen LogP) is 3.89. The summed E-state index contributed by atoms with van der Waals surface area (Å²) >= 11 is 0. The Morgan fingerprint density at radius 2 is 2.00 bits per heavy atom. The van der Waals surface area contributed by atoms with E-state index in [0.29, 0.717) is 0 Å². The summed E-state index contributed by atoms with van der Waals surface area (Å²) in [6.07, 6.45) is 3.23. The summed E-state index contributed by atoms with van der Waals surface area (Å²) in [6.45, 7) is 8.33. The Morgan fingerprint density at radius 1 is 1.31 bits per heavy atom. The van der Waals surface area contributed by atoms with Crippen molar-refractivity contribution in [3.05, 3.63) is 35.4 Å². The summed E-state index contributed by atoms with van der Waals surface area (Å²) in [7, 11) is 0. The average molecular weight is 220 g/mol. The van der Waals surface area contributed by atoms with Gasteiger partial charge in [-0.1, -0.05) is 57.9 Å². The molecular formula is C15H24O. The molecule has 90 valence electrons. The van der Waals surface area contributed by atoms with Crippen LogP contribution < -0.4 is 0 Å². The van der Waals surface area contributed by atoms with Gasteiger partial charge in [0.1, 0.15) is 0 Å². The second kappa shape index (κ2) is 5.49. The van der Waals surface area contributed by atoms with E-state index in [1.807, 2.05) is 13.0 Å². The van der Waals surface area contributed by atoms with Crippen LogP contribution in [0.2, 0.25) is 0 Å². The van der Waals surface area contributed by atoms with Crippen LogP contribution in [-0.2, 0) is 12.0 Å². The van der Waals surface area contributed by atoms with Crippen molar-refractivity contribution >= 4 is 0 Å². The van der Waals surface area contributed by atoms with Crippen LogP contribution in [0.15, 0.2) is 24.3 Å². The first-order valence-electron chi connectivity index (χ1n) is 6.34. The maximum Gasteiger partial charge on any atom is 0.0893 e. The van der Waals surface area contributed by atoms with Crippen LogP contribution in [0.3, 0.4) is 0 Å². The lowest BCUT2D eigenvalue weighted by Gasteiger charge is -2.30. The molecule has 0 aliphatic heterocycles. The Morgan fingerprint density at radius 3 is 2.56 bits per heavy atom. The maximum atomic E-state index is 10.5. The van der Waals surface area contributed by atoms with E-state index in [2.05, 4.69) is 39.0 Å². The number of aryl methyl sites for hydroxylation is 1. The van der Waals surface area contributed by atoms with Crippen molar-refractivity contribution in [2.75, 3.05) is 0 Å². The molecule has 0 amide bonds. The van der Waals surface area contributed by atoms with Crippen molar-refractivity contribution in [1.82, 2.24) is 0 Å². The van der Waals surface area contributed by atoms with Gasteiger partial charge in [0.15, 0.2) is 0 Å². The maximum absolute atomic E-state index is 10.5. The minimum atomic E-state index is -0.710. The van der Waals surface area contributed by atoms with Crippen LogP contribution in [0.4, 0.5) is 0 Å². The molecule has 0 aliphatic rings. The number of rotatable bonds is 5. The molecule has 0 heterocycles. The number of benzene rings is 1. The molecule has 0 saturated carbocycles. The Balaban J connectivity index is 2.98. The van der Waals surface area contributed by atoms with E-state index in [1.54, 1.807) is 0 Å². The van der Waals surface area contributed by atoms with Crippen molar-refractivity contribution in [3.8, 4) is 0 Å². The fourth-order valence-corrected chi connectivity index (χ4v) is 2.01. The van der Waals surface area contributed by atoms with Crippen LogP contribution in [0, 0.1) is 5.92 Å². The molecule has 1 heteroatoms. The predicted molar refractivity (Wildman–Crippen MR) is 69.5 cm³/mol. The molecule has 2 unspecified atom stereocenters. The van der Waals surface area contributed by atoms with E-state index >= 15 is 0 Å². The Hall–Kier alpha value is -0.820. The molecule has 1 rings (SSSR count).